The summed E-state index contributed by atoms with van der Waals surface area (Å²) in [6, 6.07) is 0. The molecule has 1 amide bonds. The van der Waals surface area contributed by atoms with E-state index in [2.05, 4.69) is 13.8 Å². The summed E-state index contributed by atoms with van der Waals surface area (Å²) in [4.78, 5) is 24.9. The molecule has 5 heteroatoms. The number of amides is 1. The summed E-state index contributed by atoms with van der Waals surface area (Å²) in [5.41, 5.74) is -1.04. The van der Waals surface area contributed by atoms with Crippen LogP contribution in [0.1, 0.15) is 53.9 Å². The molecule has 1 aliphatic heterocycles. The molecule has 0 aromatic heterocycles. The Morgan fingerprint density at radius 2 is 1.75 bits per heavy atom. The van der Waals surface area contributed by atoms with Gasteiger partial charge in [0.05, 0.1) is 5.41 Å². The Labute approximate surface area is 121 Å². The zero-order valence-corrected chi connectivity index (χ0v) is 13.2. The number of hydrogen-bond acceptors (Lipinski definition) is 3. The number of esters is 1. The molecule has 0 saturated carbocycles. The fraction of sp³-hybridized carbons (Fsp3) is 0.867. The number of nitrogens with zero attached hydrogens (tertiary/aromatic N) is 1. The van der Waals surface area contributed by atoms with Crippen molar-refractivity contribution < 1.29 is 19.4 Å². The molecule has 0 aromatic rings. The second kappa shape index (κ2) is 6.02. The highest BCUT2D eigenvalue weighted by Gasteiger charge is 2.45. The summed E-state index contributed by atoms with van der Waals surface area (Å²) >= 11 is 0. The first-order chi connectivity index (χ1) is 9.06. The number of likely N-dealkylation sites (tertiary alicyclic amines) is 1. The van der Waals surface area contributed by atoms with Crippen LogP contribution in [0.4, 0.5) is 4.79 Å². The molecule has 1 fully saturated rings. The van der Waals surface area contributed by atoms with Gasteiger partial charge in [-0.25, -0.2) is 4.79 Å². The number of rotatable bonds is 3. The first-order valence-electron chi connectivity index (χ1n) is 7.27. The molecule has 0 atom stereocenters. The van der Waals surface area contributed by atoms with E-state index in [0.29, 0.717) is 31.8 Å². The van der Waals surface area contributed by atoms with Crippen molar-refractivity contribution in [2.45, 2.75) is 59.5 Å². The number of carboxylic acid groups (broad SMARTS) is 1. The first kappa shape index (κ1) is 16.8. The summed E-state index contributed by atoms with van der Waals surface area (Å²) in [6.07, 6.45) is 0.932. The summed E-state index contributed by atoms with van der Waals surface area (Å²) < 4.78 is 5.57. The largest absolute Gasteiger partial charge is 0.465 e. The molecule has 0 spiro atoms. The highest BCUT2D eigenvalue weighted by Crippen LogP contribution is 2.40. The molecule has 1 aliphatic rings. The van der Waals surface area contributed by atoms with Gasteiger partial charge in [-0.2, -0.15) is 0 Å². The normalized spacial score (nSPS) is 19.0. The maximum Gasteiger partial charge on any atom is 0.407 e. The predicted octanol–water partition coefficient (Wildman–Crippen LogP) is 3.13. The van der Waals surface area contributed by atoms with Gasteiger partial charge in [0, 0.05) is 13.1 Å². The second-order valence-corrected chi connectivity index (χ2v) is 7.15. The third-order valence-electron chi connectivity index (χ3n) is 3.62. The molecular formula is C15H27NO4. The van der Waals surface area contributed by atoms with E-state index in [-0.39, 0.29) is 5.97 Å². The van der Waals surface area contributed by atoms with Crippen LogP contribution in [0.25, 0.3) is 0 Å². The Hall–Kier alpha value is -1.26. The van der Waals surface area contributed by atoms with Crippen molar-refractivity contribution in [3.8, 4) is 0 Å². The lowest BCUT2D eigenvalue weighted by atomic mass is 9.72. The standard InChI is InChI=1S/C15H27NO4/c1-11(2)10-15(12(17)20-14(3,4)5)6-8-16(9-7-15)13(18)19/h11H,6-10H2,1-5H3,(H,18,19). The average molecular weight is 285 g/mol. The minimum absolute atomic E-state index is 0.177. The maximum atomic E-state index is 12.6. The summed E-state index contributed by atoms with van der Waals surface area (Å²) in [6.45, 7) is 10.6. The lowest BCUT2D eigenvalue weighted by Crippen LogP contribution is -2.48. The minimum Gasteiger partial charge on any atom is -0.465 e. The number of ether oxygens (including phenoxy) is 1. The van der Waals surface area contributed by atoms with E-state index in [9.17, 15) is 9.59 Å². The Morgan fingerprint density at radius 1 is 1.25 bits per heavy atom. The Bertz CT molecular complexity index is 363. The molecule has 5 nitrogen and oxygen atoms in total. The van der Waals surface area contributed by atoms with E-state index < -0.39 is 17.1 Å². The second-order valence-electron chi connectivity index (χ2n) is 7.15. The van der Waals surface area contributed by atoms with Crippen LogP contribution in [0.3, 0.4) is 0 Å². The molecule has 116 valence electrons. The highest BCUT2D eigenvalue weighted by molar-refractivity contribution is 5.78. The van der Waals surface area contributed by atoms with Crippen LogP contribution in [0, 0.1) is 11.3 Å². The SMILES string of the molecule is CC(C)CC1(C(=O)OC(C)(C)C)CCN(C(=O)O)CC1. The van der Waals surface area contributed by atoms with Crippen molar-refractivity contribution in [2.24, 2.45) is 11.3 Å². The van der Waals surface area contributed by atoms with Gasteiger partial charge in [-0.1, -0.05) is 13.8 Å². The Morgan fingerprint density at radius 3 is 2.10 bits per heavy atom. The fourth-order valence-corrected chi connectivity index (χ4v) is 2.79. The Kier molecular flexibility index (Phi) is 5.05. The average Bonchev–Trinajstić information content (AvgIpc) is 2.26. The van der Waals surface area contributed by atoms with Crippen molar-refractivity contribution >= 4 is 12.1 Å². The van der Waals surface area contributed by atoms with Gasteiger partial charge < -0.3 is 14.7 Å². The van der Waals surface area contributed by atoms with Gasteiger partial charge in [0.2, 0.25) is 0 Å². The zero-order valence-electron chi connectivity index (χ0n) is 13.2. The summed E-state index contributed by atoms with van der Waals surface area (Å²) in [5.74, 6) is 0.197. The lowest BCUT2D eigenvalue weighted by molar-refractivity contribution is -0.172. The van der Waals surface area contributed by atoms with E-state index in [0.717, 1.165) is 6.42 Å². The van der Waals surface area contributed by atoms with Gasteiger partial charge >= 0.3 is 12.1 Å². The van der Waals surface area contributed by atoms with Crippen LogP contribution >= 0.6 is 0 Å². The number of hydrogen-bond donors (Lipinski definition) is 1. The van der Waals surface area contributed by atoms with Gasteiger partial charge in [0.25, 0.3) is 0 Å². The minimum atomic E-state index is -0.910. The molecule has 0 aliphatic carbocycles. The van der Waals surface area contributed by atoms with Gasteiger partial charge in [-0.3, -0.25) is 4.79 Å². The van der Waals surface area contributed by atoms with Gasteiger partial charge in [0.15, 0.2) is 0 Å². The van der Waals surface area contributed by atoms with Crippen molar-refractivity contribution in [3.05, 3.63) is 0 Å². The third kappa shape index (κ3) is 4.39. The molecule has 0 aromatic carbocycles. The Balaban J connectivity index is 2.84. The van der Waals surface area contributed by atoms with Crippen LogP contribution in [-0.4, -0.2) is 40.8 Å². The van der Waals surface area contributed by atoms with Crippen molar-refractivity contribution in [2.75, 3.05) is 13.1 Å². The van der Waals surface area contributed by atoms with Crippen LogP contribution in [0.15, 0.2) is 0 Å². The van der Waals surface area contributed by atoms with Crippen LogP contribution < -0.4 is 0 Å². The number of carbonyl (C=O) groups excluding carboxylic acids is 1. The van der Waals surface area contributed by atoms with Crippen molar-refractivity contribution in [1.82, 2.24) is 4.90 Å². The lowest BCUT2D eigenvalue weighted by Gasteiger charge is -2.41. The number of carbonyl (C=O) groups is 2. The number of piperidine rings is 1. The van der Waals surface area contributed by atoms with Crippen LogP contribution in [0.5, 0.6) is 0 Å². The monoisotopic (exact) mass is 285 g/mol. The molecule has 1 heterocycles. The topological polar surface area (TPSA) is 66.8 Å². The molecule has 0 unspecified atom stereocenters. The highest BCUT2D eigenvalue weighted by atomic mass is 16.6. The third-order valence-corrected chi connectivity index (χ3v) is 3.62. The summed E-state index contributed by atoms with van der Waals surface area (Å²) in [7, 11) is 0. The molecule has 20 heavy (non-hydrogen) atoms. The summed E-state index contributed by atoms with van der Waals surface area (Å²) in [5, 5.41) is 9.03. The van der Waals surface area contributed by atoms with Crippen LogP contribution in [-0.2, 0) is 9.53 Å². The molecule has 0 bridgehead atoms. The quantitative estimate of drug-likeness (QED) is 0.809. The first-order valence-corrected chi connectivity index (χ1v) is 7.27. The molecule has 1 rings (SSSR count). The maximum absolute atomic E-state index is 12.6. The van der Waals surface area contributed by atoms with Gasteiger partial charge in [0.1, 0.15) is 5.60 Å². The smallest absolute Gasteiger partial charge is 0.407 e. The van der Waals surface area contributed by atoms with Crippen molar-refractivity contribution in [1.29, 1.82) is 0 Å². The van der Waals surface area contributed by atoms with E-state index in [1.165, 1.54) is 4.90 Å². The van der Waals surface area contributed by atoms with E-state index in [1.54, 1.807) is 0 Å². The van der Waals surface area contributed by atoms with Crippen LogP contribution in [0.2, 0.25) is 0 Å². The van der Waals surface area contributed by atoms with E-state index in [4.69, 9.17) is 9.84 Å². The zero-order chi connectivity index (χ0) is 15.6. The van der Waals surface area contributed by atoms with E-state index >= 15 is 0 Å². The van der Waals surface area contributed by atoms with Gasteiger partial charge in [-0.15, -0.1) is 0 Å². The van der Waals surface area contributed by atoms with Crippen molar-refractivity contribution in [3.63, 3.8) is 0 Å². The molecule has 0 radical (unpaired) electrons. The molecular weight excluding hydrogens is 258 g/mol. The van der Waals surface area contributed by atoms with E-state index in [1.807, 2.05) is 20.8 Å². The predicted molar refractivity (Wildman–Crippen MR) is 76.6 cm³/mol. The molecule has 1 N–H and O–H groups in total. The molecule has 1 saturated heterocycles. The van der Waals surface area contributed by atoms with Gasteiger partial charge in [-0.05, 0) is 46.0 Å². The fourth-order valence-electron chi connectivity index (χ4n) is 2.79.